The predicted octanol–water partition coefficient (Wildman–Crippen LogP) is 1.43. The molecule has 2 aromatic heterocycles. The lowest BCUT2D eigenvalue weighted by molar-refractivity contribution is 0.0513. The summed E-state index contributed by atoms with van der Waals surface area (Å²) in [6.45, 7) is 3.62. The molecule has 0 unspecified atom stereocenters. The van der Waals surface area contributed by atoms with E-state index in [4.69, 9.17) is 13.9 Å². The molecule has 0 aliphatic rings. The molecule has 0 amide bonds. The van der Waals surface area contributed by atoms with Crippen LogP contribution in [0.1, 0.15) is 34.7 Å². The first-order valence-corrected chi connectivity index (χ1v) is 6.99. The molecule has 0 radical (unpaired) electrons. The van der Waals surface area contributed by atoms with Crippen LogP contribution in [0.5, 0.6) is 5.75 Å². The van der Waals surface area contributed by atoms with Gasteiger partial charge in [-0.05, 0) is 19.9 Å². The Morgan fingerprint density at radius 3 is 2.74 bits per heavy atom. The van der Waals surface area contributed by atoms with Gasteiger partial charge >= 0.3 is 5.97 Å². The molecule has 23 heavy (non-hydrogen) atoms. The molecule has 0 saturated carbocycles. The third-order valence-electron chi connectivity index (χ3n) is 3.03. The Balaban J connectivity index is 2.72. The van der Waals surface area contributed by atoms with Crippen LogP contribution in [0.25, 0.3) is 11.6 Å². The molecule has 0 aromatic carbocycles. The van der Waals surface area contributed by atoms with E-state index in [2.05, 4.69) is 4.98 Å². The number of aromatic nitrogens is 2. The monoisotopic (exact) mass is 320 g/mol. The maximum Gasteiger partial charge on any atom is 0.361 e. The highest BCUT2D eigenvalue weighted by Crippen LogP contribution is 2.23. The number of ether oxygens (including phenoxy) is 2. The van der Waals surface area contributed by atoms with E-state index in [1.54, 1.807) is 13.8 Å². The van der Waals surface area contributed by atoms with Crippen LogP contribution in [0.4, 0.5) is 0 Å². The number of aldehydes is 1. The Hall–Kier alpha value is -2.90. The summed E-state index contributed by atoms with van der Waals surface area (Å²) < 4.78 is 16.5. The zero-order chi connectivity index (χ0) is 17.0. The van der Waals surface area contributed by atoms with Crippen LogP contribution in [0.3, 0.4) is 0 Å². The van der Waals surface area contributed by atoms with E-state index in [1.165, 1.54) is 19.4 Å². The fourth-order valence-electron chi connectivity index (χ4n) is 1.99. The minimum atomic E-state index is -0.783. The molecule has 0 fully saturated rings. The van der Waals surface area contributed by atoms with Crippen LogP contribution in [0.15, 0.2) is 21.5 Å². The first kappa shape index (κ1) is 16.5. The van der Waals surface area contributed by atoms with Crippen molar-refractivity contribution in [2.45, 2.75) is 13.8 Å². The van der Waals surface area contributed by atoms with Crippen molar-refractivity contribution in [2.75, 3.05) is 13.2 Å². The molecule has 0 aliphatic heterocycles. The maximum atomic E-state index is 12.5. The lowest BCUT2D eigenvalue weighted by atomic mass is 10.2. The molecule has 8 heteroatoms. The average Bonchev–Trinajstić information content (AvgIpc) is 3.00. The lowest BCUT2D eigenvalue weighted by Crippen LogP contribution is -2.26. The van der Waals surface area contributed by atoms with E-state index in [0.717, 1.165) is 4.57 Å². The number of rotatable bonds is 6. The second-order valence-electron chi connectivity index (χ2n) is 4.45. The van der Waals surface area contributed by atoms with Crippen LogP contribution in [0, 0.1) is 0 Å². The second kappa shape index (κ2) is 6.91. The predicted molar refractivity (Wildman–Crippen MR) is 79.7 cm³/mol. The number of carbonyl (C=O) groups is 2. The van der Waals surface area contributed by atoms with Crippen LogP contribution < -0.4 is 10.3 Å². The molecule has 0 atom stereocenters. The minimum Gasteiger partial charge on any atom is -0.486 e. The molecule has 2 heterocycles. The average molecular weight is 320 g/mol. The third kappa shape index (κ3) is 3.01. The molecule has 0 saturated heterocycles. The summed E-state index contributed by atoms with van der Waals surface area (Å²) in [5.41, 5.74) is -0.611. The van der Waals surface area contributed by atoms with E-state index in [9.17, 15) is 14.4 Å². The van der Waals surface area contributed by atoms with Crippen molar-refractivity contribution in [3.63, 3.8) is 0 Å². The number of furan rings is 1. The fourth-order valence-corrected chi connectivity index (χ4v) is 1.99. The normalized spacial score (nSPS) is 10.4. The Labute approximate surface area is 131 Å². The summed E-state index contributed by atoms with van der Waals surface area (Å²) in [6, 6.07) is 1.44. The summed E-state index contributed by atoms with van der Waals surface area (Å²) in [4.78, 5) is 39.7. The van der Waals surface area contributed by atoms with Crippen molar-refractivity contribution in [1.82, 2.24) is 9.55 Å². The van der Waals surface area contributed by atoms with Gasteiger partial charge in [-0.2, -0.15) is 0 Å². The molecular formula is C15H16N2O6. The highest BCUT2D eigenvalue weighted by molar-refractivity contribution is 5.91. The van der Waals surface area contributed by atoms with E-state index < -0.39 is 11.5 Å². The lowest BCUT2D eigenvalue weighted by Gasteiger charge is -2.12. The van der Waals surface area contributed by atoms with Gasteiger partial charge in [-0.25, -0.2) is 9.78 Å². The highest BCUT2D eigenvalue weighted by Gasteiger charge is 2.25. The van der Waals surface area contributed by atoms with Crippen LogP contribution in [-0.4, -0.2) is 35.0 Å². The smallest absolute Gasteiger partial charge is 0.361 e. The van der Waals surface area contributed by atoms with Gasteiger partial charge in [-0.3, -0.25) is 14.2 Å². The molecule has 0 aliphatic carbocycles. The number of hydrogen-bond acceptors (Lipinski definition) is 7. The number of nitrogens with zero attached hydrogens (tertiary/aromatic N) is 2. The Morgan fingerprint density at radius 1 is 1.39 bits per heavy atom. The van der Waals surface area contributed by atoms with E-state index in [-0.39, 0.29) is 41.8 Å². The summed E-state index contributed by atoms with van der Waals surface area (Å²) in [7, 11) is 1.44. The molecule has 2 rings (SSSR count). The number of carbonyl (C=O) groups excluding carboxylic acids is 2. The molecule has 2 aromatic rings. The quantitative estimate of drug-likeness (QED) is 0.586. The van der Waals surface area contributed by atoms with Crippen LogP contribution >= 0.6 is 0 Å². The SMILES string of the molecule is CCOC(=O)c1nc(-c2occc2C=O)n(C)c(=O)c1OCC. The van der Waals surface area contributed by atoms with Crippen LogP contribution in [0.2, 0.25) is 0 Å². The zero-order valence-electron chi connectivity index (χ0n) is 13.0. The van der Waals surface area contributed by atoms with Crippen molar-refractivity contribution < 1.29 is 23.5 Å². The van der Waals surface area contributed by atoms with Crippen molar-refractivity contribution >= 4 is 12.3 Å². The second-order valence-corrected chi connectivity index (χ2v) is 4.45. The molecule has 0 spiro atoms. The van der Waals surface area contributed by atoms with Gasteiger partial charge in [0.25, 0.3) is 5.56 Å². The van der Waals surface area contributed by atoms with Crippen LogP contribution in [-0.2, 0) is 11.8 Å². The third-order valence-corrected chi connectivity index (χ3v) is 3.03. The summed E-state index contributed by atoms with van der Waals surface area (Å²) >= 11 is 0. The van der Waals surface area contributed by atoms with Gasteiger partial charge in [-0.1, -0.05) is 0 Å². The van der Waals surface area contributed by atoms with Gasteiger partial charge in [0.1, 0.15) is 0 Å². The van der Waals surface area contributed by atoms with Crippen molar-refractivity contribution in [3.05, 3.63) is 33.9 Å². The molecule has 8 nitrogen and oxygen atoms in total. The Kier molecular flexibility index (Phi) is 4.95. The van der Waals surface area contributed by atoms with E-state index in [1.807, 2.05) is 0 Å². The topological polar surface area (TPSA) is 101 Å². The van der Waals surface area contributed by atoms with Gasteiger partial charge in [0, 0.05) is 7.05 Å². The summed E-state index contributed by atoms with van der Waals surface area (Å²) in [5.74, 6) is -0.854. The molecule has 0 N–H and O–H groups in total. The zero-order valence-corrected chi connectivity index (χ0v) is 13.0. The first-order valence-electron chi connectivity index (χ1n) is 6.99. The molecular weight excluding hydrogens is 304 g/mol. The fraction of sp³-hybridized carbons (Fsp3) is 0.333. The Bertz CT molecular complexity index is 790. The van der Waals surface area contributed by atoms with Gasteiger partial charge in [-0.15, -0.1) is 0 Å². The first-order chi connectivity index (χ1) is 11.0. The highest BCUT2D eigenvalue weighted by atomic mass is 16.5. The van der Waals surface area contributed by atoms with Crippen molar-refractivity contribution in [1.29, 1.82) is 0 Å². The summed E-state index contributed by atoms with van der Waals surface area (Å²) in [6.07, 6.45) is 1.87. The van der Waals surface area contributed by atoms with E-state index >= 15 is 0 Å². The van der Waals surface area contributed by atoms with E-state index in [0.29, 0.717) is 6.29 Å². The Morgan fingerprint density at radius 2 is 2.13 bits per heavy atom. The maximum absolute atomic E-state index is 12.5. The minimum absolute atomic E-state index is 0.0357. The number of esters is 1. The molecule has 122 valence electrons. The van der Waals surface area contributed by atoms with Gasteiger partial charge in [0.2, 0.25) is 5.75 Å². The van der Waals surface area contributed by atoms with Gasteiger partial charge < -0.3 is 13.9 Å². The van der Waals surface area contributed by atoms with Gasteiger partial charge in [0.05, 0.1) is 25.0 Å². The van der Waals surface area contributed by atoms with Gasteiger partial charge in [0.15, 0.2) is 23.6 Å². The molecule has 0 bridgehead atoms. The summed E-state index contributed by atoms with van der Waals surface area (Å²) in [5, 5.41) is 0. The van der Waals surface area contributed by atoms with Crippen molar-refractivity contribution in [2.24, 2.45) is 7.05 Å². The number of hydrogen-bond donors (Lipinski definition) is 0. The largest absolute Gasteiger partial charge is 0.486 e. The standard InChI is InChI=1S/C15H16N2O6/c1-4-21-12-10(15(20)22-5-2)16-13(17(3)14(12)19)11-9(8-18)6-7-23-11/h6-8H,4-5H2,1-3H3. The van der Waals surface area contributed by atoms with Crippen molar-refractivity contribution in [3.8, 4) is 17.3 Å².